The summed E-state index contributed by atoms with van der Waals surface area (Å²) in [5, 5.41) is 19.4. The van der Waals surface area contributed by atoms with Crippen LogP contribution in [-0.2, 0) is 0 Å². The molecule has 0 aliphatic carbocycles. The van der Waals surface area contributed by atoms with Crippen LogP contribution in [0.3, 0.4) is 0 Å². The lowest BCUT2D eigenvalue weighted by Gasteiger charge is -2.19. The molecular weight excluding hydrogens is 743 g/mol. The molecule has 10 aromatic rings. The van der Waals surface area contributed by atoms with E-state index in [0.717, 1.165) is 65.0 Å². The van der Waals surface area contributed by atoms with Gasteiger partial charge in [0.15, 0.2) is 0 Å². The van der Waals surface area contributed by atoms with Gasteiger partial charge in [-0.2, -0.15) is 0 Å². The predicted molar refractivity (Wildman–Crippen MR) is 254 cm³/mol. The summed E-state index contributed by atoms with van der Waals surface area (Å²) < 4.78 is 4.60. The first-order chi connectivity index (χ1) is 28.9. The summed E-state index contributed by atoms with van der Waals surface area (Å²) in [6, 6.07) is 59.9. The third-order valence-electron chi connectivity index (χ3n) is 11.0. The number of para-hydroxylation sites is 3. The molecule has 8 aromatic carbocycles. The molecule has 0 saturated heterocycles. The number of anilines is 1. The first-order valence-electron chi connectivity index (χ1n) is 20.0. The molecule has 0 atom stereocenters. The van der Waals surface area contributed by atoms with Gasteiger partial charge in [-0.1, -0.05) is 129 Å². The number of allylic oxidation sites excluding steroid dienone is 2. The number of hydrogen-bond donors (Lipinski definition) is 0. The van der Waals surface area contributed by atoms with Gasteiger partial charge >= 0.3 is 0 Å². The van der Waals surface area contributed by atoms with Crippen LogP contribution in [0.25, 0.3) is 80.7 Å². The second-order valence-corrected chi connectivity index (χ2v) is 15.2. The zero-order valence-corrected chi connectivity index (χ0v) is 34.7. The molecule has 0 bridgehead atoms. The van der Waals surface area contributed by atoms with Crippen molar-refractivity contribution in [3.05, 3.63) is 198 Å². The highest BCUT2D eigenvalue weighted by atomic mass is 32.1. The van der Waals surface area contributed by atoms with Crippen LogP contribution in [0.1, 0.15) is 27.7 Å². The number of fused-ring (bicyclic) bond motifs is 8. The average Bonchev–Trinajstić information content (AvgIpc) is 3.86. The third-order valence-corrected chi connectivity index (χ3v) is 12.2. The Morgan fingerprint density at radius 2 is 1.22 bits per heavy atom. The van der Waals surface area contributed by atoms with Gasteiger partial charge in [0.2, 0.25) is 0 Å². The largest absolute Gasteiger partial charge is 0.349 e. The van der Waals surface area contributed by atoms with E-state index >= 15 is 0 Å². The molecule has 2 aromatic heterocycles. The van der Waals surface area contributed by atoms with E-state index in [2.05, 4.69) is 152 Å². The number of nitro groups is 1. The molecule has 0 aliphatic rings. The number of aromatic nitrogens is 1. The number of benzene rings is 8. The fourth-order valence-corrected chi connectivity index (χ4v) is 9.18. The van der Waals surface area contributed by atoms with Crippen molar-refractivity contribution in [2.45, 2.75) is 27.7 Å². The topological polar surface area (TPSA) is 51.3 Å². The number of nitro benzene ring substituents is 1. The normalized spacial score (nSPS) is 11.4. The van der Waals surface area contributed by atoms with E-state index in [1.807, 2.05) is 68.4 Å². The Hall–Kier alpha value is -7.02. The first-order valence-corrected chi connectivity index (χ1v) is 20.9. The van der Waals surface area contributed by atoms with Gasteiger partial charge < -0.3 is 9.47 Å². The molecule has 0 spiro atoms. The van der Waals surface area contributed by atoms with Crippen molar-refractivity contribution in [3.8, 4) is 27.9 Å². The Kier molecular flexibility index (Phi) is 11.1. The highest BCUT2D eigenvalue weighted by Crippen LogP contribution is 2.47. The van der Waals surface area contributed by atoms with Gasteiger partial charge in [0.05, 0.1) is 21.5 Å². The van der Waals surface area contributed by atoms with E-state index in [4.69, 9.17) is 0 Å². The molecule has 0 saturated carbocycles. The zero-order valence-electron chi connectivity index (χ0n) is 33.9. The molecule has 2 heterocycles. The van der Waals surface area contributed by atoms with Gasteiger partial charge in [-0.25, -0.2) is 0 Å². The minimum absolute atomic E-state index is 0.103. The van der Waals surface area contributed by atoms with Crippen LogP contribution in [0.4, 0.5) is 11.4 Å². The van der Waals surface area contributed by atoms with Crippen molar-refractivity contribution in [1.29, 1.82) is 0 Å². The van der Waals surface area contributed by atoms with Gasteiger partial charge in [0.25, 0.3) is 5.69 Å². The standard InChI is InChI=1S/C40H24N2O2S.C11H15N.C2H6/c43-42(44)37-24-26(25-19-21-36-33(22-25)30-14-6-8-16-35(30)41(36)28-11-2-1-3-12-28)18-20-31(37)34-23-27-10-4-5-13-29(27)40-39(34)32-15-7-9-17-38(32)45-40;1-4-10(2)12(3)11-8-6-5-7-9-11;1-2/h1-24H;4-9H,1-3H3;1-2H3/b;10-4+;. The Morgan fingerprint density at radius 1 is 0.627 bits per heavy atom. The maximum Gasteiger partial charge on any atom is 0.277 e. The Labute approximate surface area is 348 Å². The van der Waals surface area contributed by atoms with Gasteiger partial charge in [-0.05, 0) is 102 Å². The van der Waals surface area contributed by atoms with E-state index in [-0.39, 0.29) is 10.6 Å². The van der Waals surface area contributed by atoms with Crippen molar-refractivity contribution in [1.82, 2.24) is 4.57 Å². The summed E-state index contributed by atoms with van der Waals surface area (Å²) in [7, 11) is 2.07. The lowest BCUT2D eigenvalue weighted by atomic mass is 9.92. The monoisotopic (exact) mass is 787 g/mol. The third kappa shape index (κ3) is 7.24. The maximum atomic E-state index is 12.7. The number of hydrogen-bond acceptors (Lipinski definition) is 4. The van der Waals surface area contributed by atoms with Crippen LogP contribution in [-0.4, -0.2) is 16.5 Å². The minimum atomic E-state index is -0.242. The fraction of sp³-hybridized carbons (Fsp3) is 0.0943. The average molecular weight is 788 g/mol. The Balaban J connectivity index is 0.000000298. The highest BCUT2D eigenvalue weighted by molar-refractivity contribution is 7.26. The molecule has 0 fully saturated rings. The van der Waals surface area contributed by atoms with Crippen LogP contribution in [0.15, 0.2) is 188 Å². The lowest BCUT2D eigenvalue weighted by Crippen LogP contribution is -2.13. The quantitative estimate of drug-likeness (QED) is 0.125. The molecule has 0 N–H and O–H groups in total. The molecule has 0 unspecified atom stereocenters. The summed E-state index contributed by atoms with van der Waals surface area (Å²) in [4.78, 5) is 14.7. The predicted octanol–water partition coefficient (Wildman–Crippen LogP) is 15.6. The number of rotatable bonds is 6. The zero-order chi connectivity index (χ0) is 41.0. The Bertz CT molecular complexity index is 3140. The maximum absolute atomic E-state index is 12.7. The number of nitrogens with zero attached hydrogens (tertiary/aromatic N) is 3. The SMILES string of the molecule is C/C=C(\C)N(C)c1ccccc1.CC.O=[N+]([O-])c1cc(-c2ccc3c(c2)c2ccccc2n3-c2ccccc2)ccc1-c1cc2ccccc2c2sc3ccccc3c12. The molecule has 0 aliphatic heterocycles. The van der Waals surface area contributed by atoms with Gasteiger partial charge in [-0.15, -0.1) is 11.3 Å². The van der Waals surface area contributed by atoms with E-state index < -0.39 is 0 Å². The van der Waals surface area contributed by atoms with Gasteiger partial charge in [0, 0.05) is 61.1 Å². The van der Waals surface area contributed by atoms with Gasteiger partial charge in [0.1, 0.15) is 0 Å². The van der Waals surface area contributed by atoms with Crippen LogP contribution in [0, 0.1) is 10.1 Å². The molecule has 0 amide bonds. The molecule has 6 heteroatoms. The van der Waals surface area contributed by atoms with Crippen molar-refractivity contribution in [2.75, 3.05) is 11.9 Å². The summed E-state index contributed by atoms with van der Waals surface area (Å²) in [5.41, 5.74) is 9.19. The van der Waals surface area contributed by atoms with E-state index in [0.29, 0.717) is 5.56 Å². The summed E-state index contributed by atoms with van der Waals surface area (Å²) >= 11 is 1.74. The molecule has 290 valence electrons. The van der Waals surface area contributed by atoms with Crippen LogP contribution in [0.2, 0.25) is 0 Å². The van der Waals surface area contributed by atoms with E-state index in [9.17, 15) is 10.1 Å². The van der Waals surface area contributed by atoms with Crippen LogP contribution in [0.5, 0.6) is 0 Å². The first kappa shape index (κ1) is 38.8. The molecular formula is C53H45N3O2S. The molecule has 10 rings (SSSR count). The lowest BCUT2D eigenvalue weighted by molar-refractivity contribution is -0.384. The van der Waals surface area contributed by atoms with Crippen LogP contribution < -0.4 is 4.90 Å². The highest BCUT2D eigenvalue weighted by Gasteiger charge is 2.22. The smallest absolute Gasteiger partial charge is 0.277 e. The van der Waals surface area contributed by atoms with Crippen molar-refractivity contribution >= 4 is 75.5 Å². The Morgan fingerprint density at radius 3 is 1.95 bits per heavy atom. The molecule has 59 heavy (non-hydrogen) atoms. The van der Waals surface area contributed by atoms with Crippen LogP contribution >= 0.6 is 11.3 Å². The second-order valence-electron chi connectivity index (χ2n) is 14.2. The summed E-state index contributed by atoms with van der Waals surface area (Å²) in [6.45, 7) is 8.15. The second kappa shape index (κ2) is 16.8. The van der Waals surface area contributed by atoms with E-state index in [1.54, 1.807) is 17.4 Å². The fourth-order valence-electron chi connectivity index (χ4n) is 7.92. The number of thiophene rings is 1. The summed E-state index contributed by atoms with van der Waals surface area (Å²) in [6.07, 6.45) is 2.10. The van der Waals surface area contributed by atoms with E-state index in [1.165, 1.54) is 21.5 Å². The van der Waals surface area contributed by atoms with Gasteiger partial charge in [-0.3, -0.25) is 10.1 Å². The minimum Gasteiger partial charge on any atom is -0.349 e. The van der Waals surface area contributed by atoms with Crippen molar-refractivity contribution in [3.63, 3.8) is 0 Å². The van der Waals surface area contributed by atoms with Crippen molar-refractivity contribution < 1.29 is 4.92 Å². The molecule has 5 nitrogen and oxygen atoms in total. The molecule has 0 radical (unpaired) electrons. The van der Waals surface area contributed by atoms with Crippen molar-refractivity contribution in [2.24, 2.45) is 0 Å². The summed E-state index contributed by atoms with van der Waals surface area (Å²) in [5.74, 6) is 0.